The van der Waals surface area contributed by atoms with Gasteiger partial charge in [0.2, 0.25) is 0 Å². The van der Waals surface area contributed by atoms with E-state index in [0.717, 1.165) is 16.1 Å². The molecule has 2 nitrogen and oxygen atoms in total. The standard InChI is InChI=1S/C30H22N2S/c1-3-4-5-11-20(2)30-31-29-27(33-30)19-18-26-28(29)23-15-8-9-16-25(23)32(26)24-17-10-13-21-12-6-7-14-22(21)24/h3-19H,2H2,1H3/b4-3-,11-5-. The molecule has 0 saturated heterocycles. The predicted octanol–water partition coefficient (Wildman–Crippen LogP) is 8.69. The van der Waals surface area contributed by atoms with Crippen LogP contribution in [0.4, 0.5) is 0 Å². The molecule has 0 N–H and O–H groups in total. The second-order valence-electron chi connectivity index (χ2n) is 8.09. The topological polar surface area (TPSA) is 17.8 Å². The van der Waals surface area contributed by atoms with Crippen LogP contribution in [0.25, 0.3) is 54.1 Å². The molecule has 0 spiro atoms. The Kier molecular flexibility index (Phi) is 4.70. The van der Waals surface area contributed by atoms with E-state index in [4.69, 9.17) is 4.98 Å². The van der Waals surface area contributed by atoms with E-state index in [9.17, 15) is 0 Å². The highest BCUT2D eigenvalue weighted by Crippen LogP contribution is 2.40. The number of hydrogen-bond donors (Lipinski definition) is 0. The van der Waals surface area contributed by atoms with Crippen LogP contribution in [-0.4, -0.2) is 9.55 Å². The zero-order chi connectivity index (χ0) is 22.4. The molecular formula is C30H22N2S. The van der Waals surface area contributed by atoms with Gasteiger partial charge in [-0.25, -0.2) is 4.98 Å². The zero-order valence-electron chi connectivity index (χ0n) is 18.3. The van der Waals surface area contributed by atoms with Gasteiger partial charge >= 0.3 is 0 Å². The number of benzene rings is 4. The van der Waals surface area contributed by atoms with Crippen LogP contribution in [0, 0.1) is 0 Å². The van der Waals surface area contributed by atoms with Crippen molar-refractivity contribution in [3.8, 4) is 5.69 Å². The van der Waals surface area contributed by atoms with E-state index in [2.05, 4.69) is 90.0 Å². The van der Waals surface area contributed by atoms with Crippen molar-refractivity contribution in [2.24, 2.45) is 0 Å². The summed E-state index contributed by atoms with van der Waals surface area (Å²) in [5.41, 5.74) is 5.53. The van der Waals surface area contributed by atoms with Crippen LogP contribution in [0.5, 0.6) is 0 Å². The molecule has 0 fully saturated rings. The highest BCUT2D eigenvalue weighted by atomic mass is 32.1. The molecule has 2 heterocycles. The molecule has 33 heavy (non-hydrogen) atoms. The quantitative estimate of drug-likeness (QED) is 0.250. The molecule has 0 aliphatic heterocycles. The van der Waals surface area contributed by atoms with Gasteiger partial charge < -0.3 is 4.57 Å². The Balaban J connectivity index is 1.68. The molecule has 0 saturated carbocycles. The van der Waals surface area contributed by atoms with Crippen LogP contribution in [0.15, 0.2) is 110 Å². The molecule has 0 bridgehead atoms. The lowest BCUT2D eigenvalue weighted by Gasteiger charge is -2.11. The van der Waals surface area contributed by atoms with Gasteiger partial charge in [-0.3, -0.25) is 0 Å². The van der Waals surface area contributed by atoms with Gasteiger partial charge in [-0.05, 0) is 36.6 Å². The molecule has 4 aromatic carbocycles. The molecule has 0 aliphatic rings. The Labute approximate surface area is 196 Å². The summed E-state index contributed by atoms with van der Waals surface area (Å²) in [7, 11) is 0. The van der Waals surface area contributed by atoms with E-state index in [1.54, 1.807) is 11.3 Å². The highest BCUT2D eigenvalue weighted by Gasteiger charge is 2.18. The molecule has 3 heteroatoms. The Morgan fingerprint density at radius 2 is 1.64 bits per heavy atom. The first-order valence-electron chi connectivity index (χ1n) is 11.1. The lowest BCUT2D eigenvalue weighted by atomic mass is 10.1. The second-order valence-corrected chi connectivity index (χ2v) is 9.12. The summed E-state index contributed by atoms with van der Waals surface area (Å²) in [4.78, 5) is 5.07. The lowest BCUT2D eigenvalue weighted by Crippen LogP contribution is -1.94. The van der Waals surface area contributed by atoms with Gasteiger partial charge in [-0.15, -0.1) is 11.3 Å². The van der Waals surface area contributed by atoms with E-state index in [0.29, 0.717) is 0 Å². The average molecular weight is 443 g/mol. The van der Waals surface area contributed by atoms with Crippen LogP contribution in [0.2, 0.25) is 0 Å². The molecule has 0 unspecified atom stereocenters. The first-order valence-corrected chi connectivity index (χ1v) is 11.9. The summed E-state index contributed by atoms with van der Waals surface area (Å²) in [6.45, 7) is 6.25. The van der Waals surface area contributed by atoms with Crippen molar-refractivity contribution in [1.82, 2.24) is 9.55 Å². The number of fused-ring (bicyclic) bond motifs is 6. The van der Waals surface area contributed by atoms with Crippen LogP contribution >= 0.6 is 11.3 Å². The molecule has 6 aromatic rings. The fraction of sp³-hybridized carbons (Fsp3) is 0.0333. The second kappa shape index (κ2) is 7.88. The fourth-order valence-electron chi connectivity index (χ4n) is 4.60. The predicted molar refractivity (Wildman–Crippen MR) is 144 cm³/mol. The summed E-state index contributed by atoms with van der Waals surface area (Å²) in [6.07, 6.45) is 8.05. The van der Waals surface area contributed by atoms with Crippen molar-refractivity contribution in [1.29, 1.82) is 0 Å². The maximum atomic E-state index is 5.07. The van der Waals surface area contributed by atoms with E-state index < -0.39 is 0 Å². The summed E-state index contributed by atoms with van der Waals surface area (Å²) in [5.74, 6) is 0. The van der Waals surface area contributed by atoms with E-state index in [1.165, 1.54) is 43.0 Å². The van der Waals surface area contributed by atoms with E-state index in [-0.39, 0.29) is 0 Å². The van der Waals surface area contributed by atoms with Gasteiger partial charge in [-0.2, -0.15) is 0 Å². The monoisotopic (exact) mass is 442 g/mol. The van der Waals surface area contributed by atoms with Crippen molar-refractivity contribution < 1.29 is 0 Å². The van der Waals surface area contributed by atoms with Crippen molar-refractivity contribution >= 4 is 59.7 Å². The summed E-state index contributed by atoms with van der Waals surface area (Å²) in [6, 6.07) is 28.2. The molecule has 6 rings (SSSR count). The minimum absolute atomic E-state index is 0.931. The number of nitrogens with zero attached hydrogens (tertiary/aromatic N) is 2. The van der Waals surface area contributed by atoms with Gasteiger partial charge in [0.25, 0.3) is 0 Å². The van der Waals surface area contributed by atoms with Gasteiger partial charge in [0.15, 0.2) is 0 Å². The number of aromatic nitrogens is 2. The third-order valence-corrected chi connectivity index (χ3v) is 7.17. The van der Waals surface area contributed by atoms with Crippen molar-refractivity contribution in [2.75, 3.05) is 0 Å². The SMILES string of the molecule is C=C(/C=C\C=C/C)c1nc2c(ccc3c2c2ccccc2n3-c2cccc3ccccc23)s1. The maximum absolute atomic E-state index is 5.07. The number of allylic oxidation sites excluding steroid dienone is 5. The van der Waals surface area contributed by atoms with Crippen molar-refractivity contribution in [2.45, 2.75) is 6.92 Å². The molecule has 0 radical (unpaired) electrons. The summed E-state index contributed by atoms with van der Waals surface area (Å²) >= 11 is 1.70. The van der Waals surface area contributed by atoms with Gasteiger partial charge in [0.1, 0.15) is 5.01 Å². The molecular weight excluding hydrogens is 420 g/mol. The largest absolute Gasteiger partial charge is 0.309 e. The highest BCUT2D eigenvalue weighted by molar-refractivity contribution is 7.19. The van der Waals surface area contributed by atoms with Crippen LogP contribution in [-0.2, 0) is 0 Å². The van der Waals surface area contributed by atoms with E-state index in [1.807, 2.05) is 31.2 Å². The fourth-order valence-corrected chi connectivity index (χ4v) is 5.52. The molecule has 0 atom stereocenters. The molecule has 2 aromatic heterocycles. The smallest absolute Gasteiger partial charge is 0.124 e. The number of thiazole rings is 1. The Morgan fingerprint density at radius 1 is 0.848 bits per heavy atom. The molecule has 0 aliphatic carbocycles. The van der Waals surface area contributed by atoms with Crippen molar-refractivity contribution in [3.63, 3.8) is 0 Å². The summed E-state index contributed by atoms with van der Waals surface area (Å²) in [5, 5.41) is 5.85. The third-order valence-electron chi connectivity index (χ3n) is 6.08. The van der Waals surface area contributed by atoms with Crippen LogP contribution in [0.3, 0.4) is 0 Å². The number of para-hydroxylation sites is 1. The first kappa shape index (κ1) is 19.7. The minimum Gasteiger partial charge on any atom is -0.309 e. The maximum Gasteiger partial charge on any atom is 0.124 e. The Hall–Kier alpha value is -3.95. The lowest BCUT2D eigenvalue weighted by molar-refractivity contribution is 1.20. The molecule has 158 valence electrons. The summed E-state index contributed by atoms with van der Waals surface area (Å²) < 4.78 is 3.56. The zero-order valence-corrected chi connectivity index (χ0v) is 19.1. The normalized spacial score (nSPS) is 12.3. The minimum atomic E-state index is 0.931. The number of hydrogen-bond acceptors (Lipinski definition) is 2. The first-order chi connectivity index (χ1) is 16.3. The van der Waals surface area contributed by atoms with E-state index >= 15 is 0 Å². The van der Waals surface area contributed by atoms with Crippen LogP contribution < -0.4 is 0 Å². The third kappa shape index (κ3) is 3.12. The van der Waals surface area contributed by atoms with Crippen LogP contribution in [0.1, 0.15) is 11.9 Å². The molecule has 0 amide bonds. The average Bonchev–Trinajstić information content (AvgIpc) is 3.43. The van der Waals surface area contributed by atoms with Gasteiger partial charge in [-0.1, -0.05) is 85.5 Å². The number of rotatable bonds is 4. The Bertz CT molecular complexity index is 1740. The van der Waals surface area contributed by atoms with Gasteiger partial charge in [0.05, 0.1) is 26.9 Å². The Morgan fingerprint density at radius 3 is 2.52 bits per heavy atom. The van der Waals surface area contributed by atoms with Gasteiger partial charge in [0, 0.05) is 21.7 Å². The van der Waals surface area contributed by atoms with Crippen molar-refractivity contribution in [3.05, 3.63) is 115 Å².